The number of aliphatic carboxylic acids is 1. The van der Waals surface area contributed by atoms with E-state index in [-0.39, 0.29) is 5.91 Å². The third-order valence-electron chi connectivity index (χ3n) is 3.61. The third-order valence-corrected chi connectivity index (χ3v) is 3.61. The number of nitrogens with one attached hydrogen (secondary N) is 1. The van der Waals surface area contributed by atoms with Gasteiger partial charge in [0.05, 0.1) is 0 Å². The van der Waals surface area contributed by atoms with E-state index in [9.17, 15) is 14.7 Å². The van der Waals surface area contributed by atoms with Gasteiger partial charge in [-0.15, -0.1) is 0 Å². The summed E-state index contributed by atoms with van der Waals surface area (Å²) < 4.78 is 0. The highest BCUT2D eigenvalue weighted by Crippen LogP contribution is 2.23. The van der Waals surface area contributed by atoms with Gasteiger partial charge in [-0.2, -0.15) is 0 Å². The average molecular weight is 263 g/mol. The number of carboxylic acid groups (broad SMARTS) is 1. The molecule has 0 fully saturated rings. The number of carbonyl (C=O) groups is 2. The predicted molar refractivity (Wildman–Crippen MR) is 74.3 cm³/mol. The van der Waals surface area contributed by atoms with Crippen LogP contribution in [0, 0.1) is 27.7 Å². The number of carbonyl (C=O) groups excluding carboxylic acids is 1. The van der Waals surface area contributed by atoms with Crippen LogP contribution in [0.1, 0.15) is 34.7 Å². The molecule has 1 aromatic rings. The predicted octanol–water partition coefficient (Wildman–Crippen LogP) is 2.05. The summed E-state index contributed by atoms with van der Waals surface area (Å²) in [4.78, 5) is 22.3. The minimum absolute atomic E-state index is 0.315. The molecule has 0 saturated carbocycles. The first-order valence-electron chi connectivity index (χ1n) is 6.30. The highest BCUT2D eigenvalue weighted by atomic mass is 16.4. The van der Waals surface area contributed by atoms with Crippen molar-refractivity contribution in [1.29, 1.82) is 0 Å². The van der Waals surface area contributed by atoms with E-state index in [0.717, 1.165) is 27.8 Å². The molecule has 1 amide bonds. The van der Waals surface area contributed by atoms with Crippen molar-refractivity contribution >= 4 is 11.9 Å². The number of rotatable bonds is 4. The highest BCUT2D eigenvalue weighted by Gasteiger charge is 2.21. The Morgan fingerprint density at radius 1 is 1.16 bits per heavy atom. The molecule has 0 aliphatic carbocycles. The smallest absolute Gasteiger partial charge is 0.326 e. The van der Waals surface area contributed by atoms with E-state index >= 15 is 0 Å². The Balaban J connectivity index is 3.16. The zero-order chi connectivity index (χ0) is 14.7. The number of aryl methyl sites for hydroxylation is 2. The van der Waals surface area contributed by atoms with Crippen LogP contribution in [-0.4, -0.2) is 23.0 Å². The van der Waals surface area contributed by atoms with Gasteiger partial charge in [0.1, 0.15) is 6.04 Å². The van der Waals surface area contributed by atoms with Crippen LogP contribution in [0.3, 0.4) is 0 Å². The van der Waals surface area contributed by atoms with E-state index in [1.807, 2.05) is 27.7 Å². The monoisotopic (exact) mass is 263 g/mol. The summed E-state index contributed by atoms with van der Waals surface area (Å²) in [5.74, 6) is -1.33. The van der Waals surface area contributed by atoms with E-state index in [0.29, 0.717) is 6.42 Å². The number of hydrogen-bond donors (Lipinski definition) is 2. The summed E-state index contributed by atoms with van der Waals surface area (Å²) in [5, 5.41) is 11.7. The zero-order valence-electron chi connectivity index (χ0n) is 12.1. The van der Waals surface area contributed by atoms with E-state index in [4.69, 9.17) is 0 Å². The molecule has 1 unspecified atom stereocenters. The molecule has 1 rings (SSSR count). The van der Waals surface area contributed by atoms with Gasteiger partial charge in [-0.05, 0) is 55.5 Å². The maximum atomic E-state index is 11.2. The lowest BCUT2D eigenvalue weighted by Gasteiger charge is -2.19. The highest BCUT2D eigenvalue weighted by molar-refractivity contribution is 5.82. The average Bonchev–Trinajstić information content (AvgIpc) is 2.30. The Labute approximate surface area is 113 Å². The van der Waals surface area contributed by atoms with Crippen LogP contribution in [0.5, 0.6) is 0 Å². The fraction of sp³-hybridized carbons (Fsp3) is 0.467. The van der Waals surface area contributed by atoms with Crippen LogP contribution >= 0.6 is 0 Å². The van der Waals surface area contributed by atoms with Gasteiger partial charge in [-0.1, -0.05) is 6.07 Å². The zero-order valence-corrected chi connectivity index (χ0v) is 12.1. The summed E-state index contributed by atoms with van der Waals surface area (Å²) in [7, 11) is 0. The van der Waals surface area contributed by atoms with Gasteiger partial charge in [0.2, 0.25) is 5.91 Å². The van der Waals surface area contributed by atoms with Crippen LogP contribution in [0.15, 0.2) is 6.07 Å². The summed E-state index contributed by atoms with van der Waals surface area (Å²) >= 11 is 0. The van der Waals surface area contributed by atoms with Crippen molar-refractivity contribution < 1.29 is 14.7 Å². The molecule has 0 saturated heterocycles. The lowest BCUT2D eigenvalue weighted by Crippen LogP contribution is -2.41. The van der Waals surface area contributed by atoms with Crippen molar-refractivity contribution in [2.24, 2.45) is 0 Å². The molecule has 1 aromatic carbocycles. The number of carboxylic acids is 1. The Morgan fingerprint density at radius 3 is 2.00 bits per heavy atom. The van der Waals surface area contributed by atoms with Crippen LogP contribution < -0.4 is 5.32 Å². The minimum atomic E-state index is -1.01. The summed E-state index contributed by atoms with van der Waals surface area (Å²) in [6, 6.07) is 1.22. The summed E-state index contributed by atoms with van der Waals surface area (Å²) in [6.07, 6.45) is 0.315. The first-order chi connectivity index (χ1) is 8.73. The van der Waals surface area contributed by atoms with Gasteiger partial charge >= 0.3 is 5.97 Å². The van der Waals surface area contributed by atoms with E-state index in [2.05, 4.69) is 11.4 Å². The third kappa shape index (κ3) is 3.56. The molecule has 0 aliphatic rings. The quantitative estimate of drug-likeness (QED) is 0.873. The van der Waals surface area contributed by atoms with Gasteiger partial charge < -0.3 is 10.4 Å². The van der Waals surface area contributed by atoms with Gasteiger partial charge in [0.15, 0.2) is 0 Å². The van der Waals surface area contributed by atoms with Gasteiger partial charge in [-0.3, -0.25) is 4.79 Å². The van der Waals surface area contributed by atoms with Crippen LogP contribution in [0.25, 0.3) is 0 Å². The molecule has 19 heavy (non-hydrogen) atoms. The Hall–Kier alpha value is -1.84. The molecule has 4 nitrogen and oxygen atoms in total. The molecule has 4 heteroatoms. The molecule has 0 radical (unpaired) electrons. The summed E-state index contributed by atoms with van der Waals surface area (Å²) in [5.41, 5.74) is 5.49. The van der Waals surface area contributed by atoms with Crippen molar-refractivity contribution in [2.45, 2.75) is 47.1 Å². The Morgan fingerprint density at radius 2 is 1.63 bits per heavy atom. The second-order valence-corrected chi connectivity index (χ2v) is 5.03. The van der Waals surface area contributed by atoms with Crippen molar-refractivity contribution in [3.05, 3.63) is 33.9 Å². The molecule has 0 spiro atoms. The fourth-order valence-electron chi connectivity index (χ4n) is 2.25. The van der Waals surface area contributed by atoms with Crippen LogP contribution in [-0.2, 0) is 16.0 Å². The van der Waals surface area contributed by atoms with Crippen LogP contribution in [0.2, 0.25) is 0 Å². The topological polar surface area (TPSA) is 66.4 Å². The molecule has 0 heterocycles. The molecule has 1 atom stereocenters. The van der Waals surface area contributed by atoms with Crippen molar-refractivity contribution in [3.63, 3.8) is 0 Å². The van der Waals surface area contributed by atoms with E-state index in [1.165, 1.54) is 6.92 Å². The van der Waals surface area contributed by atoms with E-state index < -0.39 is 12.0 Å². The lowest BCUT2D eigenvalue weighted by molar-refractivity contribution is -0.141. The first-order valence-corrected chi connectivity index (χ1v) is 6.30. The maximum absolute atomic E-state index is 11.2. The van der Waals surface area contributed by atoms with Crippen LogP contribution in [0.4, 0.5) is 0 Å². The Kier molecular flexibility index (Phi) is 4.70. The maximum Gasteiger partial charge on any atom is 0.326 e. The second kappa shape index (κ2) is 5.87. The minimum Gasteiger partial charge on any atom is -0.480 e. The summed E-state index contributed by atoms with van der Waals surface area (Å²) in [6.45, 7) is 9.34. The van der Waals surface area contributed by atoms with Crippen molar-refractivity contribution in [2.75, 3.05) is 0 Å². The molecule has 0 aromatic heterocycles. The molecule has 0 bridgehead atoms. The SMILES string of the molecule is CC(=O)NC(Cc1c(C)c(C)cc(C)c1C)C(=O)O. The van der Waals surface area contributed by atoms with E-state index in [1.54, 1.807) is 0 Å². The molecular weight excluding hydrogens is 242 g/mol. The number of amides is 1. The Bertz CT molecular complexity index is 494. The van der Waals surface area contributed by atoms with Gasteiger partial charge in [0.25, 0.3) is 0 Å². The first kappa shape index (κ1) is 15.2. The number of hydrogen-bond acceptors (Lipinski definition) is 2. The normalized spacial score (nSPS) is 12.1. The number of benzene rings is 1. The van der Waals surface area contributed by atoms with Crippen molar-refractivity contribution in [3.8, 4) is 0 Å². The van der Waals surface area contributed by atoms with Gasteiger partial charge in [0, 0.05) is 13.3 Å². The molecular formula is C15H21NO3. The second-order valence-electron chi connectivity index (χ2n) is 5.03. The van der Waals surface area contributed by atoms with Gasteiger partial charge in [-0.25, -0.2) is 4.79 Å². The van der Waals surface area contributed by atoms with Crippen molar-refractivity contribution in [1.82, 2.24) is 5.32 Å². The standard InChI is InChI=1S/C15H21NO3/c1-8-6-9(2)11(4)13(10(8)3)7-14(15(18)19)16-12(5)17/h6,14H,7H2,1-5H3,(H,16,17)(H,18,19). The fourth-order valence-corrected chi connectivity index (χ4v) is 2.25. The lowest BCUT2D eigenvalue weighted by atomic mass is 9.90. The molecule has 104 valence electrons. The molecule has 0 aliphatic heterocycles. The molecule has 2 N–H and O–H groups in total. The largest absolute Gasteiger partial charge is 0.480 e.